The number of nitrogens with zero attached hydrogens (tertiary/aromatic N) is 2. The Bertz CT molecular complexity index is 1420. The average Bonchev–Trinajstić information content (AvgIpc) is 3.34. The first-order chi connectivity index (χ1) is 17.0. The van der Waals surface area contributed by atoms with Crippen LogP contribution < -0.4 is 14.9 Å². The molecule has 0 aromatic heterocycles. The van der Waals surface area contributed by atoms with Crippen molar-refractivity contribution in [3.63, 3.8) is 0 Å². The molecule has 4 aromatic rings. The van der Waals surface area contributed by atoms with Crippen molar-refractivity contribution in [2.75, 3.05) is 5.01 Å². The van der Waals surface area contributed by atoms with Crippen LogP contribution in [0.5, 0.6) is 5.75 Å². The van der Waals surface area contributed by atoms with Crippen LogP contribution >= 0.6 is 0 Å². The molecule has 1 aliphatic heterocycles. The van der Waals surface area contributed by atoms with Gasteiger partial charge in [-0.25, -0.2) is 13.6 Å². The number of hydrogen-bond acceptors (Lipinski definition) is 5. The molecule has 1 heterocycles. The Morgan fingerprint density at radius 2 is 1.46 bits per heavy atom. The lowest BCUT2D eigenvalue weighted by Gasteiger charge is -2.24. The molecule has 0 radical (unpaired) electrons. The lowest BCUT2D eigenvalue weighted by atomic mass is 9.98. The summed E-state index contributed by atoms with van der Waals surface area (Å²) < 4.78 is 29.3. The van der Waals surface area contributed by atoms with Gasteiger partial charge in [0.2, 0.25) is 10.0 Å². The van der Waals surface area contributed by atoms with E-state index < -0.39 is 10.0 Å². The zero-order valence-electron chi connectivity index (χ0n) is 19.0. The molecule has 4 aromatic carbocycles. The fraction of sp³-hybridized carbons (Fsp3) is 0.107. The minimum Gasteiger partial charge on any atom is -0.489 e. The van der Waals surface area contributed by atoms with Crippen molar-refractivity contribution in [3.8, 4) is 5.75 Å². The highest BCUT2D eigenvalue weighted by atomic mass is 32.2. The first kappa shape index (κ1) is 22.8. The second-order valence-corrected chi connectivity index (χ2v) is 9.92. The van der Waals surface area contributed by atoms with E-state index in [1.165, 1.54) is 12.1 Å². The summed E-state index contributed by atoms with van der Waals surface area (Å²) >= 11 is 0. The van der Waals surface area contributed by atoms with Gasteiger partial charge in [0.25, 0.3) is 0 Å². The minimum atomic E-state index is -3.76. The molecule has 2 N–H and O–H groups in total. The molecule has 0 fully saturated rings. The Labute approximate surface area is 205 Å². The lowest BCUT2D eigenvalue weighted by molar-refractivity contribution is 0.306. The van der Waals surface area contributed by atoms with Gasteiger partial charge in [-0.3, -0.25) is 5.01 Å². The molecule has 7 heteroatoms. The Balaban J connectivity index is 1.39. The largest absolute Gasteiger partial charge is 0.489 e. The molecule has 6 nitrogen and oxygen atoms in total. The standard InChI is InChI=1S/C28H25N3O3S/c29-35(32,33)26-17-13-24(14-18-26)31-28(23-9-5-2-6-10-23)19-27(30-31)22-11-15-25(16-12-22)34-20-21-7-3-1-4-8-21/h1-18,28H,19-20H2,(H2,29,32,33). The van der Waals surface area contributed by atoms with Gasteiger partial charge in [0, 0.05) is 6.42 Å². The number of sulfonamides is 1. The third-order valence-corrected chi connectivity index (χ3v) is 6.89. The Morgan fingerprint density at radius 1 is 0.829 bits per heavy atom. The molecule has 0 aliphatic carbocycles. The zero-order chi connectivity index (χ0) is 24.3. The minimum absolute atomic E-state index is 0.0134. The zero-order valence-corrected chi connectivity index (χ0v) is 19.8. The van der Waals surface area contributed by atoms with Crippen molar-refractivity contribution in [1.82, 2.24) is 0 Å². The smallest absolute Gasteiger partial charge is 0.238 e. The Morgan fingerprint density at radius 3 is 2.09 bits per heavy atom. The summed E-state index contributed by atoms with van der Waals surface area (Å²) in [6, 6.07) is 34.7. The molecule has 35 heavy (non-hydrogen) atoms. The molecule has 1 aliphatic rings. The summed E-state index contributed by atoms with van der Waals surface area (Å²) in [4.78, 5) is 0.0759. The van der Waals surface area contributed by atoms with E-state index in [4.69, 9.17) is 15.0 Å². The van der Waals surface area contributed by atoms with E-state index in [9.17, 15) is 8.42 Å². The molecule has 0 bridgehead atoms. The van der Waals surface area contributed by atoms with E-state index in [1.54, 1.807) is 12.1 Å². The average molecular weight is 484 g/mol. The van der Waals surface area contributed by atoms with Gasteiger partial charge in [0.1, 0.15) is 12.4 Å². The fourth-order valence-corrected chi connectivity index (χ4v) is 4.65. The third kappa shape index (κ3) is 5.26. The van der Waals surface area contributed by atoms with Crippen LogP contribution in [0, 0.1) is 0 Å². The maximum Gasteiger partial charge on any atom is 0.238 e. The highest BCUT2D eigenvalue weighted by Crippen LogP contribution is 2.37. The van der Waals surface area contributed by atoms with Crippen LogP contribution in [0.3, 0.4) is 0 Å². The van der Waals surface area contributed by atoms with E-state index >= 15 is 0 Å². The molecule has 0 spiro atoms. The van der Waals surface area contributed by atoms with Gasteiger partial charge >= 0.3 is 0 Å². The van der Waals surface area contributed by atoms with E-state index in [1.807, 2.05) is 77.8 Å². The molecule has 176 valence electrons. The van der Waals surface area contributed by atoms with Crippen molar-refractivity contribution in [2.45, 2.75) is 24.0 Å². The number of ether oxygens (including phenoxy) is 1. The molecular weight excluding hydrogens is 458 g/mol. The summed E-state index contributed by atoms with van der Waals surface area (Å²) in [5.74, 6) is 0.797. The maximum atomic E-state index is 11.7. The van der Waals surface area contributed by atoms with Crippen LogP contribution in [0.15, 0.2) is 119 Å². The second kappa shape index (κ2) is 9.74. The quantitative estimate of drug-likeness (QED) is 0.388. The van der Waals surface area contributed by atoms with Crippen LogP contribution in [0.1, 0.15) is 29.2 Å². The predicted molar refractivity (Wildman–Crippen MR) is 138 cm³/mol. The van der Waals surface area contributed by atoms with E-state index in [0.717, 1.165) is 33.8 Å². The topological polar surface area (TPSA) is 85.0 Å². The van der Waals surface area contributed by atoms with Crippen molar-refractivity contribution in [2.24, 2.45) is 10.2 Å². The lowest BCUT2D eigenvalue weighted by Crippen LogP contribution is -2.19. The summed E-state index contributed by atoms with van der Waals surface area (Å²) in [5.41, 5.74) is 5.01. The molecule has 5 rings (SSSR count). The normalized spacial score (nSPS) is 15.6. The molecule has 0 saturated carbocycles. The van der Waals surface area contributed by atoms with Crippen LogP contribution in [-0.2, 0) is 16.6 Å². The Hall–Kier alpha value is -3.94. The number of benzene rings is 4. The molecule has 0 saturated heterocycles. The Kier molecular flexibility index (Phi) is 6.35. The van der Waals surface area contributed by atoms with E-state index in [-0.39, 0.29) is 10.9 Å². The van der Waals surface area contributed by atoms with Crippen molar-refractivity contribution >= 4 is 21.4 Å². The first-order valence-corrected chi connectivity index (χ1v) is 12.8. The number of rotatable bonds is 7. The van der Waals surface area contributed by atoms with Gasteiger partial charge in [0.15, 0.2) is 0 Å². The number of primary sulfonamides is 1. The van der Waals surface area contributed by atoms with Crippen LogP contribution in [0.4, 0.5) is 5.69 Å². The number of hydrazone groups is 1. The van der Waals surface area contributed by atoms with Crippen LogP contribution in [0.25, 0.3) is 0 Å². The summed E-state index contributed by atoms with van der Waals surface area (Å²) in [7, 11) is -3.76. The van der Waals surface area contributed by atoms with E-state index in [0.29, 0.717) is 13.0 Å². The summed E-state index contributed by atoms with van der Waals surface area (Å²) in [6.45, 7) is 0.513. The molecule has 1 unspecified atom stereocenters. The summed E-state index contributed by atoms with van der Waals surface area (Å²) in [5, 5.41) is 12.1. The van der Waals surface area contributed by atoms with Gasteiger partial charge in [-0.2, -0.15) is 5.10 Å². The summed E-state index contributed by atoms with van der Waals surface area (Å²) in [6.07, 6.45) is 0.713. The fourth-order valence-electron chi connectivity index (χ4n) is 4.13. The van der Waals surface area contributed by atoms with Gasteiger partial charge < -0.3 is 4.74 Å². The van der Waals surface area contributed by atoms with E-state index in [2.05, 4.69) is 12.1 Å². The van der Waals surface area contributed by atoms with Gasteiger partial charge in [-0.15, -0.1) is 0 Å². The van der Waals surface area contributed by atoms with Gasteiger partial charge in [-0.1, -0.05) is 60.7 Å². The van der Waals surface area contributed by atoms with Crippen LogP contribution in [-0.4, -0.2) is 14.1 Å². The van der Waals surface area contributed by atoms with Crippen LogP contribution in [0.2, 0.25) is 0 Å². The number of nitrogens with two attached hydrogens (primary N) is 1. The third-order valence-electron chi connectivity index (χ3n) is 5.96. The van der Waals surface area contributed by atoms with Gasteiger partial charge in [0.05, 0.1) is 22.3 Å². The maximum absolute atomic E-state index is 11.7. The highest BCUT2D eigenvalue weighted by Gasteiger charge is 2.30. The monoisotopic (exact) mass is 483 g/mol. The number of anilines is 1. The molecule has 1 atom stereocenters. The van der Waals surface area contributed by atoms with Crippen molar-refractivity contribution in [1.29, 1.82) is 0 Å². The van der Waals surface area contributed by atoms with Crippen molar-refractivity contribution < 1.29 is 13.2 Å². The van der Waals surface area contributed by atoms with Gasteiger partial charge in [-0.05, 0) is 65.2 Å². The SMILES string of the molecule is NS(=O)(=O)c1ccc(N2N=C(c3ccc(OCc4ccccc4)cc3)CC2c2ccccc2)cc1. The highest BCUT2D eigenvalue weighted by molar-refractivity contribution is 7.89. The van der Waals surface area contributed by atoms with Crippen molar-refractivity contribution in [3.05, 3.63) is 126 Å². The first-order valence-electron chi connectivity index (χ1n) is 11.3. The molecular formula is C28H25N3O3S. The predicted octanol–water partition coefficient (Wildman–Crippen LogP) is 5.27. The number of hydrogen-bond donors (Lipinski definition) is 1. The second-order valence-electron chi connectivity index (χ2n) is 8.36. The molecule has 0 amide bonds.